The number of anilines is 1. The summed E-state index contributed by atoms with van der Waals surface area (Å²) in [5.41, 5.74) is 2.23. The first-order valence-electron chi connectivity index (χ1n) is 7.62. The van der Waals surface area contributed by atoms with Gasteiger partial charge in [-0.2, -0.15) is 5.10 Å². The van der Waals surface area contributed by atoms with Crippen molar-refractivity contribution in [1.29, 1.82) is 0 Å². The zero-order valence-electron chi connectivity index (χ0n) is 13.4. The van der Waals surface area contributed by atoms with Crippen molar-refractivity contribution in [2.45, 2.75) is 19.8 Å². The fourth-order valence-corrected chi connectivity index (χ4v) is 2.62. The summed E-state index contributed by atoms with van der Waals surface area (Å²) in [4.78, 5) is 16.7. The van der Waals surface area contributed by atoms with Crippen LogP contribution in [0.5, 0.6) is 0 Å². The molecule has 3 aromatic rings. The highest BCUT2D eigenvalue weighted by molar-refractivity contribution is 6.30. The molecule has 3 rings (SSSR count). The van der Waals surface area contributed by atoms with Gasteiger partial charge in [0.15, 0.2) is 0 Å². The molecule has 24 heavy (non-hydrogen) atoms. The number of nitrogens with zero attached hydrogens (tertiary/aromatic N) is 3. The van der Waals surface area contributed by atoms with Gasteiger partial charge in [0.05, 0.1) is 23.1 Å². The van der Waals surface area contributed by atoms with E-state index < -0.39 is 0 Å². The molecule has 5 nitrogen and oxygen atoms in total. The number of amides is 1. The molecule has 0 spiro atoms. The first-order valence-corrected chi connectivity index (χ1v) is 8.00. The van der Waals surface area contributed by atoms with Crippen molar-refractivity contribution < 1.29 is 4.79 Å². The summed E-state index contributed by atoms with van der Waals surface area (Å²) in [5, 5.41) is 7.85. The van der Waals surface area contributed by atoms with Gasteiger partial charge < -0.3 is 5.32 Å². The van der Waals surface area contributed by atoms with E-state index in [0.717, 1.165) is 11.4 Å². The zero-order chi connectivity index (χ0) is 17.1. The minimum Gasteiger partial charge on any atom is -0.306 e. The Morgan fingerprint density at radius 2 is 1.92 bits per heavy atom. The Bertz CT molecular complexity index is 841. The van der Waals surface area contributed by atoms with Crippen molar-refractivity contribution in [3.05, 3.63) is 71.1 Å². The molecule has 0 saturated heterocycles. The molecule has 0 fully saturated rings. The Morgan fingerprint density at radius 3 is 2.54 bits per heavy atom. The number of benzene rings is 1. The highest BCUT2D eigenvalue weighted by atomic mass is 35.5. The number of hydrogen-bond donors (Lipinski definition) is 1. The van der Waals surface area contributed by atoms with Gasteiger partial charge in [0.25, 0.3) is 5.91 Å². The standard InChI is InChI=1S/C18H17ClN4O/c1-12(2)17-15(18(24)22-16-5-3-4-10-20-16)11-21-23(17)14-8-6-13(19)7-9-14/h3-12H,1-2H3,(H,20,22,24). The predicted molar refractivity (Wildman–Crippen MR) is 94.9 cm³/mol. The van der Waals surface area contributed by atoms with E-state index in [0.29, 0.717) is 16.4 Å². The lowest BCUT2D eigenvalue weighted by Crippen LogP contribution is -2.16. The molecule has 0 aliphatic rings. The van der Waals surface area contributed by atoms with Gasteiger partial charge in [0.2, 0.25) is 0 Å². The highest BCUT2D eigenvalue weighted by Crippen LogP contribution is 2.24. The summed E-state index contributed by atoms with van der Waals surface area (Å²) in [5.74, 6) is 0.404. The summed E-state index contributed by atoms with van der Waals surface area (Å²) in [7, 11) is 0. The Balaban J connectivity index is 1.97. The van der Waals surface area contributed by atoms with Crippen LogP contribution in [0.3, 0.4) is 0 Å². The van der Waals surface area contributed by atoms with E-state index >= 15 is 0 Å². The van der Waals surface area contributed by atoms with Crippen molar-refractivity contribution in [2.75, 3.05) is 5.32 Å². The molecule has 1 N–H and O–H groups in total. The quantitative estimate of drug-likeness (QED) is 0.770. The van der Waals surface area contributed by atoms with Crippen LogP contribution in [0.2, 0.25) is 5.02 Å². The maximum Gasteiger partial charge on any atom is 0.260 e. The maximum absolute atomic E-state index is 12.6. The minimum absolute atomic E-state index is 0.118. The number of carbonyl (C=O) groups excluding carboxylic acids is 1. The van der Waals surface area contributed by atoms with Gasteiger partial charge in [-0.3, -0.25) is 4.79 Å². The van der Waals surface area contributed by atoms with Crippen LogP contribution in [0.4, 0.5) is 5.82 Å². The second kappa shape index (κ2) is 6.84. The van der Waals surface area contributed by atoms with E-state index in [4.69, 9.17) is 11.6 Å². The third-order valence-corrected chi connectivity index (χ3v) is 3.83. The summed E-state index contributed by atoms with van der Waals surface area (Å²) in [6.07, 6.45) is 3.22. The van der Waals surface area contributed by atoms with Crippen LogP contribution in [0.1, 0.15) is 35.8 Å². The van der Waals surface area contributed by atoms with Crippen LogP contribution in [-0.4, -0.2) is 20.7 Å². The molecule has 2 aromatic heterocycles. The Morgan fingerprint density at radius 1 is 1.17 bits per heavy atom. The Hall–Kier alpha value is -2.66. The largest absolute Gasteiger partial charge is 0.306 e. The molecule has 6 heteroatoms. The van der Waals surface area contributed by atoms with Crippen LogP contribution in [-0.2, 0) is 0 Å². The number of carbonyl (C=O) groups is 1. The van der Waals surface area contributed by atoms with Gasteiger partial charge in [0, 0.05) is 11.2 Å². The van der Waals surface area contributed by atoms with Crippen molar-refractivity contribution in [2.24, 2.45) is 0 Å². The molecule has 122 valence electrons. The van der Waals surface area contributed by atoms with Gasteiger partial charge in [0.1, 0.15) is 5.82 Å². The van der Waals surface area contributed by atoms with Crippen LogP contribution < -0.4 is 5.32 Å². The lowest BCUT2D eigenvalue weighted by molar-refractivity contribution is 0.102. The van der Waals surface area contributed by atoms with Crippen LogP contribution in [0.25, 0.3) is 5.69 Å². The third kappa shape index (κ3) is 3.31. The molecule has 0 radical (unpaired) electrons. The van der Waals surface area contributed by atoms with E-state index in [1.54, 1.807) is 41.3 Å². The second-order valence-corrected chi connectivity index (χ2v) is 6.09. The average molecular weight is 341 g/mol. The predicted octanol–water partition coefficient (Wildman–Crippen LogP) is 4.30. The van der Waals surface area contributed by atoms with E-state index in [9.17, 15) is 4.79 Å². The molecule has 1 amide bonds. The molecule has 0 aliphatic carbocycles. The summed E-state index contributed by atoms with van der Waals surface area (Å²) < 4.78 is 1.77. The van der Waals surface area contributed by atoms with Gasteiger partial charge in [-0.1, -0.05) is 31.5 Å². The number of halogens is 1. The van der Waals surface area contributed by atoms with Gasteiger partial charge in [-0.25, -0.2) is 9.67 Å². The topological polar surface area (TPSA) is 59.8 Å². The Labute approximate surface area is 145 Å². The number of rotatable bonds is 4. The van der Waals surface area contributed by atoms with E-state index in [1.807, 2.05) is 32.0 Å². The number of hydrogen-bond acceptors (Lipinski definition) is 3. The second-order valence-electron chi connectivity index (χ2n) is 5.66. The molecule has 0 atom stereocenters. The molecule has 0 saturated carbocycles. The van der Waals surface area contributed by atoms with Gasteiger partial charge in [-0.05, 0) is 42.3 Å². The molecule has 2 heterocycles. The summed E-state index contributed by atoms with van der Waals surface area (Å²) in [6, 6.07) is 12.7. The fourth-order valence-electron chi connectivity index (χ4n) is 2.50. The number of aromatic nitrogens is 3. The smallest absolute Gasteiger partial charge is 0.260 e. The molecular weight excluding hydrogens is 324 g/mol. The number of nitrogens with one attached hydrogen (secondary N) is 1. The SMILES string of the molecule is CC(C)c1c(C(=O)Nc2ccccn2)cnn1-c1ccc(Cl)cc1. The minimum atomic E-state index is -0.224. The van der Waals surface area contributed by atoms with Crippen LogP contribution in [0, 0.1) is 0 Å². The van der Waals surface area contributed by atoms with Crippen LogP contribution in [0.15, 0.2) is 54.9 Å². The first-order chi connectivity index (χ1) is 11.6. The lowest BCUT2D eigenvalue weighted by Gasteiger charge is -2.13. The normalized spacial score (nSPS) is 10.8. The van der Waals surface area contributed by atoms with Crippen molar-refractivity contribution >= 4 is 23.3 Å². The summed E-state index contributed by atoms with van der Waals surface area (Å²) in [6.45, 7) is 4.06. The highest BCUT2D eigenvalue weighted by Gasteiger charge is 2.21. The average Bonchev–Trinajstić information content (AvgIpc) is 3.02. The lowest BCUT2D eigenvalue weighted by atomic mass is 10.1. The van der Waals surface area contributed by atoms with E-state index in [1.165, 1.54) is 0 Å². The molecule has 0 unspecified atom stereocenters. The molecule has 1 aromatic carbocycles. The van der Waals surface area contributed by atoms with Gasteiger partial charge >= 0.3 is 0 Å². The summed E-state index contributed by atoms with van der Waals surface area (Å²) >= 11 is 5.95. The molecule has 0 aliphatic heterocycles. The van der Waals surface area contributed by atoms with Crippen molar-refractivity contribution in [3.63, 3.8) is 0 Å². The zero-order valence-corrected chi connectivity index (χ0v) is 14.2. The number of pyridine rings is 1. The monoisotopic (exact) mass is 340 g/mol. The first kappa shape index (κ1) is 16.2. The maximum atomic E-state index is 12.6. The van der Waals surface area contributed by atoms with Gasteiger partial charge in [-0.15, -0.1) is 0 Å². The third-order valence-electron chi connectivity index (χ3n) is 3.58. The Kier molecular flexibility index (Phi) is 4.62. The van der Waals surface area contributed by atoms with E-state index in [-0.39, 0.29) is 11.8 Å². The van der Waals surface area contributed by atoms with E-state index in [2.05, 4.69) is 15.4 Å². The van der Waals surface area contributed by atoms with Crippen molar-refractivity contribution in [3.8, 4) is 5.69 Å². The fraction of sp³-hybridized carbons (Fsp3) is 0.167. The molecular formula is C18H17ClN4O. The van der Waals surface area contributed by atoms with Crippen LogP contribution >= 0.6 is 11.6 Å². The molecule has 0 bridgehead atoms. The van der Waals surface area contributed by atoms with Crippen molar-refractivity contribution in [1.82, 2.24) is 14.8 Å².